The Hall–Kier alpha value is -3.07. The maximum atomic E-state index is 13.0. The van der Waals surface area contributed by atoms with E-state index in [0.29, 0.717) is 35.5 Å². The zero-order valence-corrected chi connectivity index (χ0v) is 22.6. The molecule has 0 saturated carbocycles. The number of halogens is 2. The fraction of sp³-hybridized carbons (Fsp3) is 0.259. The molecule has 1 saturated heterocycles. The van der Waals surface area contributed by atoms with Crippen molar-refractivity contribution in [3.63, 3.8) is 0 Å². The molecule has 3 aromatic carbocycles. The molecule has 3 aromatic rings. The number of sulfonamides is 1. The largest absolute Gasteiger partial charge is 0.339 e. The highest BCUT2D eigenvalue weighted by Crippen LogP contribution is 2.34. The number of piperidine rings is 1. The first-order chi connectivity index (χ1) is 17.6. The molecule has 0 atom stereocenters. The van der Waals surface area contributed by atoms with E-state index in [0.717, 1.165) is 25.5 Å². The van der Waals surface area contributed by atoms with E-state index >= 15 is 0 Å². The number of rotatable bonds is 7. The summed E-state index contributed by atoms with van der Waals surface area (Å²) < 4.78 is 26.2. The molecular weight excluding hydrogens is 533 g/mol. The normalized spacial score (nSPS) is 13.8. The molecule has 2 amide bonds. The van der Waals surface area contributed by atoms with Crippen LogP contribution in [0.4, 0.5) is 11.4 Å². The lowest BCUT2D eigenvalue weighted by Gasteiger charge is -2.27. The highest BCUT2D eigenvalue weighted by atomic mass is 35.5. The van der Waals surface area contributed by atoms with Crippen molar-refractivity contribution in [3.05, 3.63) is 93.5 Å². The van der Waals surface area contributed by atoms with Crippen molar-refractivity contribution in [3.8, 4) is 0 Å². The molecule has 1 aliphatic rings. The number of nitrogens with zero attached hydrogens (tertiary/aromatic N) is 2. The summed E-state index contributed by atoms with van der Waals surface area (Å²) in [6.07, 6.45) is 4.17. The predicted octanol–water partition coefficient (Wildman–Crippen LogP) is 5.84. The van der Waals surface area contributed by atoms with E-state index in [4.69, 9.17) is 23.2 Å². The molecule has 0 bridgehead atoms. The molecule has 37 heavy (non-hydrogen) atoms. The van der Waals surface area contributed by atoms with Gasteiger partial charge in [-0.2, -0.15) is 0 Å². The van der Waals surface area contributed by atoms with Gasteiger partial charge in [0.15, 0.2) is 0 Å². The molecule has 0 unspecified atom stereocenters. The van der Waals surface area contributed by atoms with E-state index in [1.807, 2.05) is 4.90 Å². The summed E-state index contributed by atoms with van der Waals surface area (Å²) in [5.74, 6) is -0.463. The van der Waals surface area contributed by atoms with E-state index in [1.165, 1.54) is 4.31 Å². The van der Waals surface area contributed by atoms with Gasteiger partial charge in [0.25, 0.3) is 11.8 Å². The first-order valence-electron chi connectivity index (χ1n) is 11.9. The number of likely N-dealkylation sites (tertiary alicyclic amines) is 1. The van der Waals surface area contributed by atoms with Crippen LogP contribution in [0.2, 0.25) is 10.0 Å². The third kappa shape index (κ3) is 6.44. The Morgan fingerprint density at radius 2 is 1.59 bits per heavy atom. The van der Waals surface area contributed by atoms with Crippen molar-refractivity contribution in [2.45, 2.75) is 25.8 Å². The number of hydrogen-bond acceptors (Lipinski definition) is 4. The fourth-order valence-corrected chi connectivity index (χ4v) is 5.57. The van der Waals surface area contributed by atoms with Gasteiger partial charge in [-0.15, -0.1) is 0 Å². The molecule has 1 heterocycles. The van der Waals surface area contributed by atoms with Crippen LogP contribution in [0.15, 0.2) is 66.7 Å². The average molecular weight is 561 g/mol. The topological polar surface area (TPSA) is 86.8 Å². The summed E-state index contributed by atoms with van der Waals surface area (Å²) in [4.78, 5) is 27.8. The minimum atomic E-state index is -3.67. The van der Waals surface area contributed by atoms with Crippen LogP contribution in [0.1, 0.15) is 45.5 Å². The number of hydrogen-bond donors (Lipinski definition) is 1. The number of benzene rings is 3. The molecule has 1 aliphatic heterocycles. The zero-order chi connectivity index (χ0) is 26.6. The van der Waals surface area contributed by atoms with Gasteiger partial charge in [-0.1, -0.05) is 53.5 Å². The van der Waals surface area contributed by atoms with Gasteiger partial charge in [0.05, 0.1) is 39.8 Å². The zero-order valence-electron chi connectivity index (χ0n) is 20.3. The second kappa shape index (κ2) is 11.5. The first kappa shape index (κ1) is 27.0. The summed E-state index contributed by atoms with van der Waals surface area (Å²) in [6.45, 7) is 1.44. The highest BCUT2D eigenvalue weighted by molar-refractivity contribution is 7.92. The lowest BCUT2D eigenvalue weighted by atomic mass is 10.1. The summed E-state index contributed by atoms with van der Waals surface area (Å²) >= 11 is 12.4. The van der Waals surface area contributed by atoms with Gasteiger partial charge in [-0.3, -0.25) is 13.9 Å². The van der Waals surface area contributed by atoms with E-state index in [2.05, 4.69) is 5.32 Å². The number of para-hydroxylation sites is 1. The van der Waals surface area contributed by atoms with Gasteiger partial charge in [0.1, 0.15) is 0 Å². The van der Waals surface area contributed by atoms with Gasteiger partial charge in [-0.25, -0.2) is 8.42 Å². The van der Waals surface area contributed by atoms with Crippen LogP contribution in [-0.2, 0) is 16.6 Å². The number of amides is 2. The van der Waals surface area contributed by atoms with Crippen molar-refractivity contribution in [2.24, 2.45) is 0 Å². The first-order valence-corrected chi connectivity index (χ1v) is 14.5. The number of carbonyl (C=O) groups excluding carboxylic acids is 2. The molecule has 7 nitrogen and oxygen atoms in total. The Bertz CT molecular complexity index is 1410. The monoisotopic (exact) mass is 559 g/mol. The molecule has 0 aliphatic carbocycles. The Morgan fingerprint density at radius 1 is 0.919 bits per heavy atom. The highest BCUT2D eigenvalue weighted by Gasteiger charge is 2.23. The van der Waals surface area contributed by atoms with Crippen molar-refractivity contribution in [1.82, 2.24) is 4.90 Å². The van der Waals surface area contributed by atoms with Crippen molar-refractivity contribution in [1.29, 1.82) is 0 Å². The van der Waals surface area contributed by atoms with Crippen LogP contribution >= 0.6 is 23.2 Å². The smallest absolute Gasteiger partial charge is 0.255 e. The summed E-state index contributed by atoms with van der Waals surface area (Å²) in [7, 11) is -3.67. The minimum absolute atomic E-state index is 0.00790. The second-order valence-corrected chi connectivity index (χ2v) is 11.6. The number of carbonyl (C=O) groups is 2. The molecule has 4 rings (SSSR count). The van der Waals surface area contributed by atoms with Gasteiger partial charge >= 0.3 is 0 Å². The Kier molecular flexibility index (Phi) is 8.42. The average Bonchev–Trinajstić information content (AvgIpc) is 2.89. The van der Waals surface area contributed by atoms with Gasteiger partial charge in [0.2, 0.25) is 10.0 Å². The van der Waals surface area contributed by atoms with E-state index < -0.39 is 10.0 Å². The SMILES string of the molecule is CS(=O)(=O)N(Cc1ccc(C(=O)Nc2ccccc2C(=O)N2CCCCC2)cc1)c1cccc(Cl)c1Cl. The van der Waals surface area contributed by atoms with E-state index in [-0.39, 0.29) is 34.1 Å². The van der Waals surface area contributed by atoms with Crippen LogP contribution in [0, 0.1) is 0 Å². The van der Waals surface area contributed by atoms with E-state index in [9.17, 15) is 18.0 Å². The van der Waals surface area contributed by atoms with Crippen LogP contribution < -0.4 is 9.62 Å². The van der Waals surface area contributed by atoms with Gasteiger partial charge in [0, 0.05) is 18.7 Å². The van der Waals surface area contributed by atoms with Crippen molar-refractivity contribution < 1.29 is 18.0 Å². The third-order valence-corrected chi connectivity index (χ3v) is 8.13. The second-order valence-electron chi connectivity index (χ2n) is 8.89. The minimum Gasteiger partial charge on any atom is -0.339 e. The lowest BCUT2D eigenvalue weighted by Crippen LogP contribution is -2.36. The number of nitrogens with one attached hydrogen (secondary N) is 1. The molecule has 0 spiro atoms. The molecule has 1 N–H and O–H groups in total. The Morgan fingerprint density at radius 3 is 2.27 bits per heavy atom. The van der Waals surface area contributed by atoms with Gasteiger partial charge < -0.3 is 10.2 Å². The summed E-state index contributed by atoms with van der Waals surface area (Å²) in [6, 6.07) is 18.3. The molecular formula is C27H27Cl2N3O4S. The standard InChI is InChI=1S/C27H27Cl2N3O4S/c1-37(35,36)32(24-11-7-9-22(28)25(24)29)18-19-12-14-20(15-13-19)26(33)30-23-10-4-3-8-21(23)27(34)31-16-5-2-6-17-31/h3-4,7-15H,2,5-6,16-18H2,1H3,(H,30,33). The van der Waals surface area contributed by atoms with Crippen LogP contribution in [0.3, 0.4) is 0 Å². The molecule has 194 valence electrons. The van der Waals surface area contributed by atoms with Crippen LogP contribution in [-0.4, -0.2) is 44.5 Å². The third-order valence-electron chi connectivity index (χ3n) is 6.19. The Balaban J connectivity index is 1.50. The predicted molar refractivity (Wildman–Crippen MR) is 148 cm³/mol. The number of anilines is 2. The maximum absolute atomic E-state index is 13.0. The molecule has 0 radical (unpaired) electrons. The Labute approximate surface area is 227 Å². The molecule has 10 heteroatoms. The van der Waals surface area contributed by atoms with Crippen LogP contribution in [0.25, 0.3) is 0 Å². The summed E-state index contributed by atoms with van der Waals surface area (Å²) in [5, 5.41) is 3.24. The molecule has 0 aromatic heterocycles. The van der Waals surface area contributed by atoms with Crippen molar-refractivity contribution in [2.75, 3.05) is 29.0 Å². The van der Waals surface area contributed by atoms with Crippen LogP contribution in [0.5, 0.6) is 0 Å². The van der Waals surface area contributed by atoms with E-state index in [1.54, 1.807) is 66.7 Å². The van der Waals surface area contributed by atoms with Gasteiger partial charge in [-0.05, 0) is 61.2 Å². The molecule has 1 fully saturated rings. The maximum Gasteiger partial charge on any atom is 0.255 e. The lowest BCUT2D eigenvalue weighted by molar-refractivity contribution is 0.0725. The fourth-order valence-electron chi connectivity index (χ4n) is 4.23. The summed E-state index contributed by atoms with van der Waals surface area (Å²) in [5.41, 5.74) is 2.20. The quantitative estimate of drug-likeness (QED) is 0.394. The van der Waals surface area contributed by atoms with Crippen molar-refractivity contribution >= 4 is 56.4 Å².